The predicted octanol–water partition coefficient (Wildman–Crippen LogP) is 4.10. The molecule has 0 bridgehead atoms. The molecule has 0 saturated heterocycles. The Kier molecular flexibility index (Phi) is 3.55. The van der Waals surface area contributed by atoms with E-state index in [9.17, 15) is 5.11 Å². The van der Waals surface area contributed by atoms with Crippen molar-refractivity contribution in [1.82, 2.24) is 4.98 Å². The van der Waals surface area contributed by atoms with Crippen LogP contribution < -0.4 is 0 Å². The van der Waals surface area contributed by atoms with Gasteiger partial charge in [0.15, 0.2) is 0 Å². The Hall–Kier alpha value is -1.19. The molecule has 1 unspecified atom stereocenters. The normalized spacial score (nSPS) is 12.8. The molecular weight excluding hydrogens is 242 g/mol. The molecule has 0 radical (unpaired) electrons. The van der Waals surface area contributed by atoms with Gasteiger partial charge in [-0.15, -0.1) is 11.3 Å². The number of hydrogen-bond acceptors (Lipinski definition) is 3. The van der Waals surface area contributed by atoms with Crippen LogP contribution in [0.2, 0.25) is 0 Å². The molecule has 1 atom stereocenters. The number of aromatic nitrogens is 1. The molecule has 0 aliphatic rings. The summed E-state index contributed by atoms with van der Waals surface area (Å²) in [6.45, 7) is 10.2. The summed E-state index contributed by atoms with van der Waals surface area (Å²) in [5.74, 6) is 0. The van der Waals surface area contributed by atoms with E-state index in [1.807, 2.05) is 0 Å². The number of aryl methyl sites for hydroxylation is 2. The van der Waals surface area contributed by atoms with Crippen LogP contribution in [0.1, 0.15) is 39.6 Å². The monoisotopic (exact) mass is 261 g/mol. The van der Waals surface area contributed by atoms with Crippen LogP contribution >= 0.6 is 11.3 Å². The van der Waals surface area contributed by atoms with E-state index in [2.05, 4.69) is 44.8 Å². The molecule has 0 aliphatic carbocycles. The zero-order valence-corrected chi connectivity index (χ0v) is 12.4. The van der Waals surface area contributed by atoms with Crippen molar-refractivity contribution in [2.24, 2.45) is 0 Å². The van der Waals surface area contributed by atoms with E-state index in [1.165, 1.54) is 22.3 Å². The molecule has 2 aromatic rings. The van der Waals surface area contributed by atoms with Gasteiger partial charge in [0.2, 0.25) is 0 Å². The third-order valence-corrected chi connectivity index (χ3v) is 4.62. The molecule has 0 amide bonds. The average molecular weight is 261 g/mol. The third-order valence-electron chi connectivity index (χ3n) is 3.48. The lowest BCUT2D eigenvalue weighted by Crippen LogP contribution is -1.93. The Morgan fingerprint density at radius 3 is 2.33 bits per heavy atom. The average Bonchev–Trinajstić information content (AvgIpc) is 2.69. The molecular formula is C15H19NOS. The fourth-order valence-corrected chi connectivity index (χ4v) is 2.93. The van der Waals surface area contributed by atoms with Gasteiger partial charge in [0.25, 0.3) is 0 Å². The standard InChI is InChI=1S/C15H19NOS/c1-8-6-7-13(10(3)9(8)2)14-12(5)18-15(16-14)11(4)17/h6-7,11,17H,1-5H3. The first-order valence-corrected chi connectivity index (χ1v) is 6.96. The Balaban J connectivity index is 2.59. The highest BCUT2D eigenvalue weighted by Crippen LogP contribution is 2.33. The second kappa shape index (κ2) is 4.82. The minimum absolute atomic E-state index is 0.491. The van der Waals surface area contributed by atoms with Gasteiger partial charge in [-0.1, -0.05) is 12.1 Å². The summed E-state index contributed by atoms with van der Waals surface area (Å²) in [4.78, 5) is 5.74. The van der Waals surface area contributed by atoms with Crippen LogP contribution in [0.25, 0.3) is 11.3 Å². The number of aliphatic hydroxyl groups excluding tert-OH is 1. The van der Waals surface area contributed by atoms with Crippen molar-refractivity contribution in [2.75, 3.05) is 0 Å². The van der Waals surface area contributed by atoms with E-state index in [4.69, 9.17) is 0 Å². The highest BCUT2D eigenvalue weighted by atomic mass is 32.1. The maximum atomic E-state index is 9.62. The molecule has 0 aliphatic heterocycles. The fourth-order valence-electron chi connectivity index (χ4n) is 2.06. The zero-order chi connectivity index (χ0) is 13.4. The van der Waals surface area contributed by atoms with Crippen LogP contribution in [0.3, 0.4) is 0 Å². The van der Waals surface area contributed by atoms with E-state index >= 15 is 0 Å². The molecule has 1 aromatic carbocycles. The summed E-state index contributed by atoms with van der Waals surface area (Å²) in [6.07, 6.45) is -0.491. The number of nitrogens with zero attached hydrogens (tertiary/aromatic N) is 1. The zero-order valence-electron chi connectivity index (χ0n) is 11.5. The number of rotatable bonds is 2. The van der Waals surface area contributed by atoms with Crippen LogP contribution in [-0.4, -0.2) is 10.1 Å². The minimum Gasteiger partial charge on any atom is -0.386 e. The lowest BCUT2D eigenvalue weighted by Gasteiger charge is -2.10. The van der Waals surface area contributed by atoms with Gasteiger partial charge in [-0.05, 0) is 51.3 Å². The largest absolute Gasteiger partial charge is 0.386 e. The summed E-state index contributed by atoms with van der Waals surface area (Å²) in [5, 5.41) is 10.4. The van der Waals surface area contributed by atoms with E-state index in [0.717, 1.165) is 15.6 Å². The smallest absolute Gasteiger partial charge is 0.122 e. The summed E-state index contributed by atoms with van der Waals surface area (Å²) < 4.78 is 0. The third kappa shape index (κ3) is 2.20. The molecule has 96 valence electrons. The van der Waals surface area contributed by atoms with Crippen LogP contribution in [-0.2, 0) is 0 Å². The van der Waals surface area contributed by atoms with Crippen molar-refractivity contribution in [3.05, 3.63) is 38.7 Å². The molecule has 1 aromatic heterocycles. The van der Waals surface area contributed by atoms with Crippen molar-refractivity contribution < 1.29 is 5.11 Å². The molecule has 2 rings (SSSR count). The second-order valence-corrected chi connectivity index (χ2v) is 6.05. The van der Waals surface area contributed by atoms with Gasteiger partial charge in [0, 0.05) is 10.4 Å². The van der Waals surface area contributed by atoms with Gasteiger partial charge >= 0.3 is 0 Å². The van der Waals surface area contributed by atoms with Crippen molar-refractivity contribution in [3.8, 4) is 11.3 Å². The van der Waals surface area contributed by atoms with Crippen LogP contribution in [0, 0.1) is 27.7 Å². The maximum absolute atomic E-state index is 9.62. The highest BCUT2D eigenvalue weighted by molar-refractivity contribution is 7.12. The van der Waals surface area contributed by atoms with Crippen molar-refractivity contribution in [2.45, 2.75) is 40.7 Å². The van der Waals surface area contributed by atoms with Crippen molar-refractivity contribution >= 4 is 11.3 Å². The molecule has 1 N–H and O–H groups in total. The lowest BCUT2D eigenvalue weighted by molar-refractivity contribution is 0.199. The second-order valence-electron chi connectivity index (χ2n) is 4.81. The Labute approximate surface area is 112 Å². The number of aliphatic hydroxyl groups is 1. The quantitative estimate of drug-likeness (QED) is 0.883. The molecule has 18 heavy (non-hydrogen) atoms. The van der Waals surface area contributed by atoms with Gasteiger partial charge in [0.1, 0.15) is 11.1 Å². The van der Waals surface area contributed by atoms with Crippen molar-refractivity contribution in [1.29, 1.82) is 0 Å². The van der Waals surface area contributed by atoms with Gasteiger partial charge in [0.05, 0.1) is 5.69 Å². The highest BCUT2D eigenvalue weighted by Gasteiger charge is 2.15. The van der Waals surface area contributed by atoms with Crippen LogP contribution in [0.4, 0.5) is 0 Å². The van der Waals surface area contributed by atoms with Crippen LogP contribution in [0.15, 0.2) is 12.1 Å². The van der Waals surface area contributed by atoms with Gasteiger partial charge in [-0.25, -0.2) is 4.98 Å². The molecule has 0 saturated carbocycles. The summed E-state index contributed by atoms with van der Waals surface area (Å²) in [6, 6.07) is 4.27. The molecule has 3 heteroatoms. The fraction of sp³-hybridized carbons (Fsp3) is 0.400. The molecule has 2 nitrogen and oxygen atoms in total. The van der Waals surface area contributed by atoms with Crippen LogP contribution in [0.5, 0.6) is 0 Å². The van der Waals surface area contributed by atoms with E-state index in [-0.39, 0.29) is 0 Å². The SMILES string of the molecule is Cc1ccc(-c2nc(C(C)O)sc2C)c(C)c1C. The van der Waals surface area contributed by atoms with Crippen molar-refractivity contribution in [3.63, 3.8) is 0 Å². The topological polar surface area (TPSA) is 33.1 Å². The van der Waals surface area contributed by atoms with Gasteiger partial charge in [-0.2, -0.15) is 0 Å². The van der Waals surface area contributed by atoms with E-state index in [1.54, 1.807) is 18.3 Å². The summed E-state index contributed by atoms with van der Waals surface area (Å²) >= 11 is 1.57. The Morgan fingerprint density at radius 1 is 1.11 bits per heavy atom. The number of benzene rings is 1. The van der Waals surface area contributed by atoms with E-state index < -0.39 is 6.10 Å². The first-order chi connectivity index (χ1) is 8.41. The first kappa shape index (κ1) is 13.2. The summed E-state index contributed by atoms with van der Waals surface area (Å²) in [7, 11) is 0. The Morgan fingerprint density at radius 2 is 1.78 bits per heavy atom. The van der Waals surface area contributed by atoms with E-state index in [0.29, 0.717) is 0 Å². The molecule has 0 fully saturated rings. The van der Waals surface area contributed by atoms with Gasteiger partial charge < -0.3 is 5.11 Å². The first-order valence-electron chi connectivity index (χ1n) is 6.14. The molecule has 0 spiro atoms. The maximum Gasteiger partial charge on any atom is 0.122 e. The molecule has 1 heterocycles. The predicted molar refractivity (Wildman–Crippen MR) is 77.1 cm³/mol. The summed E-state index contributed by atoms with van der Waals surface area (Å²) in [5.41, 5.74) is 6.09. The minimum atomic E-state index is -0.491. The number of thiazole rings is 1. The van der Waals surface area contributed by atoms with Gasteiger partial charge in [-0.3, -0.25) is 0 Å². The number of hydrogen-bond donors (Lipinski definition) is 1. The lowest BCUT2D eigenvalue weighted by atomic mass is 9.97. The Bertz CT molecular complexity index is 584.